The fourth-order valence-corrected chi connectivity index (χ4v) is 4.19. The Morgan fingerprint density at radius 3 is 2.73 bits per heavy atom. The van der Waals surface area contributed by atoms with Gasteiger partial charge in [-0.15, -0.1) is 21.5 Å². The lowest BCUT2D eigenvalue weighted by Crippen LogP contribution is -2.26. The summed E-state index contributed by atoms with van der Waals surface area (Å²) in [5.74, 6) is -0.130. The van der Waals surface area contributed by atoms with E-state index in [1.807, 2.05) is 19.1 Å². The maximum absolute atomic E-state index is 12.8. The first-order valence-electron chi connectivity index (χ1n) is 9.32. The number of carbonyl (C=O) groups excluding carboxylic acids is 1. The number of hydrogen-bond donors (Lipinski definition) is 0. The van der Waals surface area contributed by atoms with Crippen LogP contribution in [0.25, 0.3) is 21.5 Å². The molecule has 0 fully saturated rings. The standard InChI is InChI=1S/C20H17BrN4O4S/c1-2-3-10-25-19(26)13-7-5-4-6-12(13)17(24-25)20(27)28-11-16-22-23-18(29-16)14-8-9-15(21)30-14/h4-9H,2-3,10-11H2,1H3. The summed E-state index contributed by atoms with van der Waals surface area (Å²) in [4.78, 5) is 26.2. The smallest absolute Gasteiger partial charge is 0.359 e. The van der Waals surface area contributed by atoms with Crippen molar-refractivity contribution in [2.75, 3.05) is 0 Å². The third-order valence-corrected chi connectivity index (χ3v) is 5.97. The molecule has 0 spiro atoms. The van der Waals surface area contributed by atoms with Gasteiger partial charge in [0.2, 0.25) is 0 Å². The minimum absolute atomic E-state index is 0.0863. The summed E-state index contributed by atoms with van der Waals surface area (Å²) >= 11 is 4.84. The number of aryl methyl sites for hydroxylation is 1. The molecular weight excluding hydrogens is 472 g/mol. The van der Waals surface area contributed by atoms with Gasteiger partial charge in [-0.25, -0.2) is 9.48 Å². The molecule has 0 radical (unpaired) electrons. The zero-order valence-corrected chi connectivity index (χ0v) is 18.4. The number of nitrogens with zero attached hydrogens (tertiary/aromatic N) is 4. The summed E-state index contributed by atoms with van der Waals surface area (Å²) in [7, 11) is 0. The molecule has 0 aliphatic heterocycles. The number of aromatic nitrogens is 4. The van der Waals surface area contributed by atoms with Crippen molar-refractivity contribution >= 4 is 44.0 Å². The SMILES string of the molecule is CCCCn1nc(C(=O)OCc2nnc(-c3ccc(Br)s3)o2)c2ccccc2c1=O. The average molecular weight is 489 g/mol. The third kappa shape index (κ3) is 4.19. The number of ether oxygens (including phenoxy) is 1. The van der Waals surface area contributed by atoms with Crippen LogP contribution in [0.1, 0.15) is 36.1 Å². The van der Waals surface area contributed by atoms with Crippen LogP contribution in [0, 0.1) is 0 Å². The molecule has 3 heterocycles. The first-order chi connectivity index (χ1) is 14.6. The van der Waals surface area contributed by atoms with Crippen molar-refractivity contribution in [3.63, 3.8) is 0 Å². The summed E-state index contributed by atoms with van der Waals surface area (Å²) in [6.07, 6.45) is 1.68. The van der Waals surface area contributed by atoms with Crippen molar-refractivity contribution in [2.45, 2.75) is 32.9 Å². The van der Waals surface area contributed by atoms with Gasteiger partial charge in [0.1, 0.15) is 0 Å². The summed E-state index contributed by atoms with van der Waals surface area (Å²) < 4.78 is 13.2. The molecule has 4 aromatic rings. The summed E-state index contributed by atoms with van der Waals surface area (Å²) in [6, 6.07) is 10.6. The number of unbranched alkanes of at least 4 members (excludes halogenated alkanes) is 1. The van der Waals surface area contributed by atoms with Gasteiger partial charge in [-0.2, -0.15) is 5.10 Å². The van der Waals surface area contributed by atoms with Gasteiger partial charge in [-0.1, -0.05) is 31.5 Å². The van der Waals surface area contributed by atoms with E-state index in [9.17, 15) is 9.59 Å². The van der Waals surface area contributed by atoms with E-state index in [0.29, 0.717) is 23.2 Å². The van der Waals surface area contributed by atoms with Crippen LogP contribution in [0.3, 0.4) is 0 Å². The Labute approximate surface area is 183 Å². The highest BCUT2D eigenvalue weighted by Gasteiger charge is 2.19. The van der Waals surface area contributed by atoms with E-state index in [0.717, 1.165) is 21.5 Å². The van der Waals surface area contributed by atoms with Crippen LogP contribution < -0.4 is 5.56 Å². The zero-order chi connectivity index (χ0) is 21.1. The monoisotopic (exact) mass is 488 g/mol. The van der Waals surface area contributed by atoms with Gasteiger partial charge in [0.15, 0.2) is 12.3 Å². The van der Waals surface area contributed by atoms with Crippen molar-refractivity contribution in [3.8, 4) is 10.8 Å². The Bertz CT molecular complexity index is 1260. The molecule has 0 saturated carbocycles. The Balaban J connectivity index is 1.57. The Kier molecular flexibility index (Phi) is 6.05. The maximum Gasteiger partial charge on any atom is 0.359 e. The number of halogens is 1. The van der Waals surface area contributed by atoms with Crippen LogP contribution in [0.15, 0.2) is 49.4 Å². The lowest BCUT2D eigenvalue weighted by atomic mass is 10.1. The van der Waals surface area contributed by atoms with E-state index in [2.05, 4.69) is 31.2 Å². The highest BCUT2D eigenvalue weighted by atomic mass is 79.9. The number of esters is 1. The largest absolute Gasteiger partial charge is 0.451 e. The van der Waals surface area contributed by atoms with E-state index >= 15 is 0 Å². The number of rotatable bonds is 7. The normalized spacial score (nSPS) is 11.1. The quantitative estimate of drug-likeness (QED) is 0.354. The fraction of sp³-hybridized carbons (Fsp3) is 0.250. The lowest BCUT2D eigenvalue weighted by molar-refractivity contribution is 0.0431. The predicted molar refractivity (Wildman–Crippen MR) is 115 cm³/mol. The minimum atomic E-state index is -0.657. The minimum Gasteiger partial charge on any atom is -0.451 e. The first-order valence-corrected chi connectivity index (χ1v) is 10.9. The molecule has 0 atom stereocenters. The van der Waals surface area contributed by atoms with Gasteiger partial charge in [0.25, 0.3) is 17.3 Å². The number of fused-ring (bicyclic) bond motifs is 1. The number of hydrogen-bond acceptors (Lipinski definition) is 8. The van der Waals surface area contributed by atoms with Gasteiger partial charge in [0, 0.05) is 11.9 Å². The second kappa shape index (κ2) is 8.88. The second-order valence-corrected chi connectivity index (χ2v) is 8.92. The lowest BCUT2D eigenvalue weighted by Gasteiger charge is -2.10. The van der Waals surface area contributed by atoms with Crippen molar-refractivity contribution in [1.82, 2.24) is 20.0 Å². The molecule has 0 unspecified atom stereocenters. The molecular formula is C20H17BrN4O4S. The molecule has 0 N–H and O–H groups in total. The Morgan fingerprint density at radius 2 is 2.00 bits per heavy atom. The molecule has 0 aliphatic rings. The van der Waals surface area contributed by atoms with Crippen LogP contribution in [0.5, 0.6) is 0 Å². The number of benzene rings is 1. The second-order valence-electron chi connectivity index (χ2n) is 6.46. The van der Waals surface area contributed by atoms with Crippen LogP contribution in [-0.2, 0) is 17.9 Å². The zero-order valence-electron chi connectivity index (χ0n) is 16.0. The van der Waals surface area contributed by atoms with E-state index in [-0.39, 0.29) is 23.8 Å². The number of carbonyl (C=O) groups is 1. The van der Waals surface area contributed by atoms with Crippen molar-refractivity contribution in [2.24, 2.45) is 0 Å². The molecule has 8 nitrogen and oxygen atoms in total. The van der Waals surface area contributed by atoms with Gasteiger partial charge in [-0.05, 0) is 40.5 Å². The molecule has 0 aliphatic carbocycles. The molecule has 1 aromatic carbocycles. The average Bonchev–Trinajstić information content (AvgIpc) is 3.40. The van der Waals surface area contributed by atoms with Gasteiger partial charge >= 0.3 is 5.97 Å². The highest BCUT2D eigenvalue weighted by molar-refractivity contribution is 9.11. The highest BCUT2D eigenvalue weighted by Crippen LogP contribution is 2.30. The van der Waals surface area contributed by atoms with Crippen LogP contribution in [-0.4, -0.2) is 25.9 Å². The molecule has 154 valence electrons. The van der Waals surface area contributed by atoms with Gasteiger partial charge in [0.05, 0.1) is 14.0 Å². The van der Waals surface area contributed by atoms with Crippen molar-refractivity contribution < 1.29 is 13.9 Å². The Morgan fingerprint density at radius 1 is 1.20 bits per heavy atom. The predicted octanol–water partition coefficient (Wildman–Crippen LogP) is 4.43. The molecule has 10 heteroatoms. The van der Waals surface area contributed by atoms with Crippen LogP contribution in [0.2, 0.25) is 0 Å². The van der Waals surface area contributed by atoms with Crippen LogP contribution >= 0.6 is 27.3 Å². The van der Waals surface area contributed by atoms with E-state index in [1.165, 1.54) is 16.0 Å². The third-order valence-electron chi connectivity index (χ3n) is 4.36. The maximum atomic E-state index is 12.8. The molecule has 0 bridgehead atoms. The van der Waals surface area contributed by atoms with E-state index < -0.39 is 5.97 Å². The molecule has 0 amide bonds. The molecule has 4 rings (SSSR count). The van der Waals surface area contributed by atoms with Crippen molar-refractivity contribution in [1.29, 1.82) is 0 Å². The molecule has 3 aromatic heterocycles. The van der Waals surface area contributed by atoms with Gasteiger partial charge < -0.3 is 9.15 Å². The molecule has 30 heavy (non-hydrogen) atoms. The summed E-state index contributed by atoms with van der Waals surface area (Å²) in [6.45, 7) is 2.26. The molecule has 0 saturated heterocycles. The van der Waals surface area contributed by atoms with Crippen molar-refractivity contribution in [3.05, 3.63) is 62.1 Å². The van der Waals surface area contributed by atoms with E-state index in [4.69, 9.17) is 9.15 Å². The van der Waals surface area contributed by atoms with E-state index in [1.54, 1.807) is 24.3 Å². The summed E-state index contributed by atoms with van der Waals surface area (Å²) in [5.41, 5.74) is -0.137. The first kappa shape index (κ1) is 20.4. The topological polar surface area (TPSA) is 100 Å². The number of thiophene rings is 1. The van der Waals surface area contributed by atoms with Crippen LogP contribution in [0.4, 0.5) is 0 Å². The van der Waals surface area contributed by atoms with Gasteiger partial charge in [-0.3, -0.25) is 4.79 Å². The fourth-order valence-electron chi connectivity index (χ4n) is 2.88. The summed E-state index contributed by atoms with van der Waals surface area (Å²) in [5, 5.41) is 13.1. The Hall–Kier alpha value is -2.85.